The summed E-state index contributed by atoms with van der Waals surface area (Å²) >= 11 is 0. The van der Waals surface area contributed by atoms with Crippen molar-refractivity contribution in [3.63, 3.8) is 0 Å². The van der Waals surface area contributed by atoms with Crippen molar-refractivity contribution in [1.29, 1.82) is 0 Å². The normalized spacial score (nSPS) is 13.1. The van der Waals surface area contributed by atoms with E-state index in [2.05, 4.69) is 159 Å². The third-order valence-corrected chi connectivity index (χ3v) is 8.80. The first kappa shape index (κ1) is 25.4. The van der Waals surface area contributed by atoms with Gasteiger partial charge >= 0.3 is 0 Å². The van der Waals surface area contributed by atoms with Gasteiger partial charge in [-0.15, -0.1) is 0 Å². The van der Waals surface area contributed by atoms with Gasteiger partial charge in [0.05, 0.1) is 11.4 Å². The van der Waals surface area contributed by atoms with E-state index in [0.717, 1.165) is 39.5 Å². The lowest BCUT2D eigenvalue weighted by molar-refractivity contribution is 0.637. The standard InChI is InChI=1S/C41H30N2/c1-41(2)36-26-33-18-10-9-17-32(33)25-35(36)37-38(28-15-7-4-8-16-28)42-40(43-39(37)41)34-22-12-21-31(24-34)30-20-11-19-29(23-30)27-13-5-3-6-14-27/h3-26H,1-2H3. The number of rotatable bonds is 4. The molecule has 1 aliphatic rings. The Kier molecular flexibility index (Phi) is 5.84. The van der Waals surface area contributed by atoms with Crippen molar-refractivity contribution in [2.24, 2.45) is 0 Å². The predicted octanol–water partition coefficient (Wildman–Crippen LogP) is 10.6. The van der Waals surface area contributed by atoms with Crippen LogP contribution in [0.15, 0.2) is 146 Å². The minimum atomic E-state index is -0.266. The van der Waals surface area contributed by atoms with Crippen LogP contribution in [0.3, 0.4) is 0 Å². The van der Waals surface area contributed by atoms with Crippen LogP contribution in [0.25, 0.3) is 66.8 Å². The molecule has 0 atom stereocenters. The molecule has 1 heterocycles. The third kappa shape index (κ3) is 4.26. The molecule has 0 spiro atoms. The van der Waals surface area contributed by atoms with Crippen molar-refractivity contribution in [2.45, 2.75) is 19.3 Å². The molecule has 7 aromatic rings. The smallest absolute Gasteiger partial charge is 0.160 e. The summed E-state index contributed by atoms with van der Waals surface area (Å²) < 4.78 is 0. The van der Waals surface area contributed by atoms with E-state index in [-0.39, 0.29) is 5.41 Å². The molecule has 2 heteroatoms. The van der Waals surface area contributed by atoms with Gasteiger partial charge in [0, 0.05) is 22.1 Å². The number of aromatic nitrogens is 2. The van der Waals surface area contributed by atoms with E-state index in [1.165, 1.54) is 38.6 Å². The van der Waals surface area contributed by atoms with Crippen LogP contribution in [0.1, 0.15) is 25.1 Å². The molecule has 0 amide bonds. The first-order valence-corrected chi connectivity index (χ1v) is 14.8. The van der Waals surface area contributed by atoms with Crippen molar-refractivity contribution >= 4 is 10.8 Å². The lowest BCUT2D eigenvalue weighted by atomic mass is 9.84. The summed E-state index contributed by atoms with van der Waals surface area (Å²) in [4.78, 5) is 10.7. The first-order chi connectivity index (χ1) is 21.1. The summed E-state index contributed by atoms with van der Waals surface area (Å²) in [7, 11) is 0. The SMILES string of the molecule is CC1(C)c2cc3ccccc3cc2-c2c(-c3ccccc3)nc(-c3cccc(-c4cccc(-c5ccccc5)c4)c3)nc21. The maximum atomic E-state index is 5.36. The molecule has 6 aromatic carbocycles. The molecule has 1 aromatic heterocycles. The predicted molar refractivity (Wildman–Crippen MR) is 179 cm³/mol. The second kappa shape index (κ2) is 9.89. The maximum Gasteiger partial charge on any atom is 0.160 e. The Hall–Kier alpha value is -5.34. The highest BCUT2D eigenvalue weighted by Crippen LogP contribution is 2.52. The third-order valence-electron chi connectivity index (χ3n) is 8.80. The fourth-order valence-corrected chi connectivity index (χ4v) is 6.54. The van der Waals surface area contributed by atoms with Crippen LogP contribution < -0.4 is 0 Å². The van der Waals surface area contributed by atoms with E-state index in [0.29, 0.717) is 0 Å². The number of hydrogen-bond acceptors (Lipinski definition) is 2. The van der Waals surface area contributed by atoms with Crippen molar-refractivity contribution in [3.8, 4) is 56.0 Å². The highest BCUT2D eigenvalue weighted by atomic mass is 14.9. The van der Waals surface area contributed by atoms with Gasteiger partial charge in [-0.1, -0.05) is 135 Å². The van der Waals surface area contributed by atoms with Gasteiger partial charge in [0.15, 0.2) is 5.82 Å². The van der Waals surface area contributed by atoms with Gasteiger partial charge in [-0.2, -0.15) is 0 Å². The molecule has 0 bridgehead atoms. The Balaban J connectivity index is 1.31. The van der Waals surface area contributed by atoms with Crippen LogP contribution in [0.2, 0.25) is 0 Å². The number of nitrogens with zero attached hydrogens (tertiary/aromatic N) is 2. The molecule has 204 valence electrons. The van der Waals surface area contributed by atoms with E-state index >= 15 is 0 Å². The number of fused-ring (bicyclic) bond motifs is 4. The van der Waals surface area contributed by atoms with Gasteiger partial charge in [0.25, 0.3) is 0 Å². The van der Waals surface area contributed by atoms with Crippen LogP contribution in [-0.4, -0.2) is 9.97 Å². The largest absolute Gasteiger partial charge is 0.231 e. The van der Waals surface area contributed by atoms with Gasteiger partial charge < -0.3 is 0 Å². The minimum Gasteiger partial charge on any atom is -0.231 e. The molecule has 0 saturated heterocycles. The molecule has 1 aliphatic carbocycles. The average Bonchev–Trinajstić information content (AvgIpc) is 3.29. The summed E-state index contributed by atoms with van der Waals surface area (Å²) in [6, 6.07) is 51.7. The van der Waals surface area contributed by atoms with E-state index in [1.807, 2.05) is 0 Å². The van der Waals surface area contributed by atoms with Gasteiger partial charge in [0.2, 0.25) is 0 Å². The zero-order valence-electron chi connectivity index (χ0n) is 24.3. The molecule has 0 aliphatic heterocycles. The van der Waals surface area contributed by atoms with Crippen molar-refractivity contribution < 1.29 is 0 Å². The summed E-state index contributed by atoms with van der Waals surface area (Å²) in [5.41, 5.74) is 12.3. The molecule has 0 unspecified atom stereocenters. The van der Waals surface area contributed by atoms with E-state index in [4.69, 9.17) is 9.97 Å². The lowest BCUT2D eigenvalue weighted by Crippen LogP contribution is -2.17. The summed E-state index contributed by atoms with van der Waals surface area (Å²) in [6.07, 6.45) is 0. The van der Waals surface area contributed by atoms with Crippen LogP contribution in [0.4, 0.5) is 0 Å². The fourth-order valence-electron chi connectivity index (χ4n) is 6.54. The molecule has 0 radical (unpaired) electrons. The zero-order valence-corrected chi connectivity index (χ0v) is 24.3. The highest BCUT2D eigenvalue weighted by molar-refractivity contribution is 5.97. The van der Waals surface area contributed by atoms with Crippen LogP contribution >= 0.6 is 0 Å². The Morgan fingerprint density at radius 2 is 0.953 bits per heavy atom. The molecule has 0 N–H and O–H groups in total. The second-order valence-corrected chi connectivity index (χ2v) is 11.9. The maximum absolute atomic E-state index is 5.36. The minimum absolute atomic E-state index is 0.266. The van der Waals surface area contributed by atoms with E-state index in [1.54, 1.807) is 0 Å². The Morgan fingerprint density at radius 1 is 0.442 bits per heavy atom. The van der Waals surface area contributed by atoms with Crippen molar-refractivity contribution in [1.82, 2.24) is 9.97 Å². The van der Waals surface area contributed by atoms with Gasteiger partial charge in [-0.25, -0.2) is 9.97 Å². The van der Waals surface area contributed by atoms with Crippen LogP contribution in [0, 0.1) is 0 Å². The lowest BCUT2D eigenvalue weighted by Gasteiger charge is -2.21. The second-order valence-electron chi connectivity index (χ2n) is 11.9. The summed E-state index contributed by atoms with van der Waals surface area (Å²) in [6.45, 7) is 4.59. The van der Waals surface area contributed by atoms with E-state index in [9.17, 15) is 0 Å². The molecular formula is C41H30N2. The van der Waals surface area contributed by atoms with Gasteiger partial charge in [-0.05, 0) is 68.4 Å². The monoisotopic (exact) mass is 550 g/mol. The fraction of sp³-hybridized carbons (Fsp3) is 0.0732. The van der Waals surface area contributed by atoms with Crippen molar-refractivity contribution in [3.05, 3.63) is 157 Å². The molecule has 0 saturated carbocycles. The first-order valence-electron chi connectivity index (χ1n) is 14.8. The molecule has 43 heavy (non-hydrogen) atoms. The van der Waals surface area contributed by atoms with Gasteiger partial charge in [-0.3, -0.25) is 0 Å². The number of benzene rings is 6. The number of hydrogen-bond donors (Lipinski definition) is 0. The molecule has 2 nitrogen and oxygen atoms in total. The molecule has 8 rings (SSSR count). The van der Waals surface area contributed by atoms with Gasteiger partial charge in [0.1, 0.15) is 0 Å². The average molecular weight is 551 g/mol. The molecule has 0 fully saturated rings. The Labute approximate surface area is 252 Å². The highest BCUT2D eigenvalue weighted by Gasteiger charge is 2.40. The topological polar surface area (TPSA) is 25.8 Å². The van der Waals surface area contributed by atoms with Crippen LogP contribution in [-0.2, 0) is 5.41 Å². The zero-order chi connectivity index (χ0) is 29.0. The molecular weight excluding hydrogens is 520 g/mol. The Bertz CT molecular complexity index is 2140. The summed E-state index contributed by atoms with van der Waals surface area (Å²) in [5.74, 6) is 0.754. The van der Waals surface area contributed by atoms with Crippen LogP contribution in [0.5, 0.6) is 0 Å². The quantitative estimate of drug-likeness (QED) is 0.218. The van der Waals surface area contributed by atoms with E-state index < -0.39 is 0 Å². The van der Waals surface area contributed by atoms with Crippen molar-refractivity contribution in [2.75, 3.05) is 0 Å². The summed E-state index contributed by atoms with van der Waals surface area (Å²) in [5, 5.41) is 2.49. The Morgan fingerprint density at radius 3 is 1.63 bits per heavy atom.